The van der Waals surface area contributed by atoms with Crippen LogP contribution in [0.5, 0.6) is 0 Å². The van der Waals surface area contributed by atoms with E-state index in [1.807, 2.05) is 16.9 Å². The Morgan fingerprint density at radius 2 is 1.41 bits per heavy atom. The van der Waals surface area contributed by atoms with E-state index in [1.54, 1.807) is 0 Å². The first-order valence-corrected chi connectivity index (χ1v) is 12.9. The van der Waals surface area contributed by atoms with Crippen LogP contribution in [-0.2, 0) is 16.1 Å². The number of rotatable bonds is 4. The highest BCUT2D eigenvalue weighted by atomic mass is 19.4. The van der Waals surface area contributed by atoms with Crippen molar-refractivity contribution in [3.8, 4) is 11.1 Å². The van der Waals surface area contributed by atoms with Gasteiger partial charge in [-0.25, -0.2) is 14.1 Å². The third kappa shape index (κ3) is 9.47. The van der Waals surface area contributed by atoms with Gasteiger partial charge in [-0.1, -0.05) is 41.1 Å². The SMILES string of the molecule is Cc1ccc(-c2ccc3c(C4CN(Cc5ccncc5)CCN4C)nnn3c2)cc1.O=C(O)C(F)(F)F.O=C(O)C(F)(F)F. The van der Waals surface area contributed by atoms with E-state index in [0.717, 1.165) is 43.0 Å². The molecule has 10 nitrogen and oxygen atoms in total. The number of fused-ring (bicyclic) bond motifs is 1. The molecule has 44 heavy (non-hydrogen) atoms. The zero-order chi connectivity index (χ0) is 32.7. The van der Waals surface area contributed by atoms with Gasteiger partial charge in [-0.05, 0) is 43.3 Å². The largest absolute Gasteiger partial charge is 0.490 e. The molecule has 3 aromatic heterocycles. The van der Waals surface area contributed by atoms with Crippen LogP contribution in [0.1, 0.15) is 22.9 Å². The lowest BCUT2D eigenvalue weighted by Gasteiger charge is -2.38. The summed E-state index contributed by atoms with van der Waals surface area (Å²) in [5.74, 6) is -5.51. The summed E-state index contributed by atoms with van der Waals surface area (Å²) in [6.07, 6.45) is -4.36. The second-order valence-electron chi connectivity index (χ2n) is 9.78. The van der Waals surface area contributed by atoms with Crippen molar-refractivity contribution in [2.75, 3.05) is 26.7 Å². The molecule has 2 N–H and O–H groups in total. The first-order chi connectivity index (χ1) is 20.6. The van der Waals surface area contributed by atoms with Gasteiger partial charge in [0.15, 0.2) is 0 Å². The topological polar surface area (TPSA) is 124 Å². The Hall–Kier alpha value is -4.57. The Bertz CT molecular complexity index is 1520. The van der Waals surface area contributed by atoms with Crippen LogP contribution in [0.25, 0.3) is 16.6 Å². The second-order valence-corrected chi connectivity index (χ2v) is 9.78. The normalized spacial score (nSPS) is 16.0. The number of nitrogens with zero attached hydrogens (tertiary/aromatic N) is 6. The molecule has 4 heterocycles. The zero-order valence-corrected chi connectivity index (χ0v) is 23.4. The number of aryl methyl sites for hydroxylation is 1. The fourth-order valence-corrected chi connectivity index (χ4v) is 4.18. The van der Waals surface area contributed by atoms with Gasteiger partial charge in [0.2, 0.25) is 0 Å². The van der Waals surface area contributed by atoms with Crippen LogP contribution >= 0.6 is 0 Å². The maximum Gasteiger partial charge on any atom is 0.490 e. The third-order valence-corrected chi connectivity index (χ3v) is 6.51. The molecule has 1 aromatic carbocycles. The van der Waals surface area contributed by atoms with E-state index in [2.05, 4.69) is 93.8 Å². The number of carboxylic acid groups (broad SMARTS) is 2. The van der Waals surface area contributed by atoms with E-state index in [9.17, 15) is 26.3 Å². The maximum absolute atomic E-state index is 10.6. The number of alkyl halides is 6. The van der Waals surface area contributed by atoms with Gasteiger partial charge in [0.1, 0.15) is 5.69 Å². The van der Waals surface area contributed by atoms with Crippen molar-refractivity contribution in [1.82, 2.24) is 29.6 Å². The fraction of sp³-hybridized carbons (Fsp3) is 0.321. The number of carbonyl (C=O) groups is 2. The van der Waals surface area contributed by atoms with E-state index in [0.29, 0.717) is 0 Å². The van der Waals surface area contributed by atoms with Crippen molar-refractivity contribution in [1.29, 1.82) is 0 Å². The molecule has 5 rings (SSSR count). The summed E-state index contributed by atoms with van der Waals surface area (Å²) in [5.41, 5.74) is 7.03. The minimum absolute atomic E-state index is 0.225. The van der Waals surface area contributed by atoms with Gasteiger partial charge in [-0.15, -0.1) is 5.10 Å². The van der Waals surface area contributed by atoms with E-state index in [4.69, 9.17) is 19.8 Å². The van der Waals surface area contributed by atoms with E-state index < -0.39 is 24.3 Å². The number of piperazine rings is 1. The third-order valence-electron chi connectivity index (χ3n) is 6.51. The van der Waals surface area contributed by atoms with E-state index in [-0.39, 0.29) is 6.04 Å². The lowest BCUT2D eigenvalue weighted by atomic mass is 10.0. The highest BCUT2D eigenvalue weighted by Crippen LogP contribution is 2.28. The Kier molecular flexibility index (Phi) is 11.0. The molecule has 0 spiro atoms. The molecular formula is C28H28F6N6O4. The molecule has 4 aromatic rings. The van der Waals surface area contributed by atoms with Crippen molar-refractivity contribution < 1.29 is 46.1 Å². The molecule has 1 saturated heterocycles. The molecule has 1 fully saturated rings. The lowest BCUT2D eigenvalue weighted by molar-refractivity contribution is -0.193. The second kappa shape index (κ2) is 14.3. The van der Waals surface area contributed by atoms with Crippen molar-refractivity contribution in [3.05, 3.63) is 83.9 Å². The van der Waals surface area contributed by atoms with Crippen LogP contribution in [0, 0.1) is 6.92 Å². The molecule has 0 amide bonds. The maximum atomic E-state index is 10.6. The summed E-state index contributed by atoms with van der Waals surface area (Å²) in [4.78, 5) is 26.8. The number of hydrogen-bond donors (Lipinski definition) is 2. The Balaban J connectivity index is 0.000000317. The lowest BCUT2D eigenvalue weighted by Crippen LogP contribution is -2.46. The molecule has 1 atom stereocenters. The molecule has 236 valence electrons. The molecular weight excluding hydrogens is 598 g/mol. The van der Waals surface area contributed by atoms with Gasteiger partial charge < -0.3 is 10.2 Å². The van der Waals surface area contributed by atoms with Crippen molar-refractivity contribution in [3.63, 3.8) is 0 Å². The minimum atomic E-state index is -5.08. The monoisotopic (exact) mass is 626 g/mol. The first-order valence-electron chi connectivity index (χ1n) is 12.9. The Morgan fingerprint density at radius 1 is 0.864 bits per heavy atom. The standard InChI is InChI=1S/C24H26N6.2C2HF3O2/c1-18-3-5-20(6-4-18)21-7-8-22-24(26-27-30(22)16-21)23-17-29(14-13-28(23)2)15-19-9-11-25-12-10-19;2*3-2(4,5)1(6)7/h3-12,16,23H,13-15,17H2,1-2H3;2*(H,6,7). The van der Waals surface area contributed by atoms with Gasteiger partial charge in [-0.3, -0.25) is 14.8 Å². The van der Waals surface area contributed by atoms with Gasteiger partial charge in [-0.2, -0.15) is 26.3 Å². The smallest absolute Gasteiger partial charge is 0.475 e. The average Bonchev–Trinajstić information content (AvgIpc) is 3.38. The number of halogens is 6. The number of likely N-dealkylation sites (N-methyl/N-ethyl adjacent to an activating group) is 1. The number of hydrogen-bond acceptors (Lipinski definition) is 7. The molecule has 0 bridgehead atoms. The van der Waals surface area contributed by atoms with Gasteiger partial charge >= 0.3 is 24.3 Å². The van der Waals surface area contributed by atoms with Gasteiger partial charge in [0.25, 0.3) is 0 Å². The first kappa shape index (κ1) is 33.9. The Morgan fingerprint density at radius 3 is 1.95 bits per heavy atom. The highest BCUT2D eigenvalue weighted by Gasteiger charge is 2.39. The van der Waals surface area contributed by atoms with Crippen LogP contribution in [0.4, 0.5) is 26.3 Å². The quantitative estimate of drug-likeness (QED) is 0.306. The summed E-state index contributed by atoms with van der Waals surface area (Å²) in [6, 6.07) is 17.3. The molecule has 16 heteroatoms. The molecule has 1 unspecified atom stereocenters. The summed E-state index contributed by atoms with van der Waals surface area (Å²) >= 11 is 0. The van der Waals surface area contributed by atoms with Crippen molar-refractivity contribution >= 4 is 17.5 Å². The zero-order valence-electron chi connectivity index (χ0n) is 23.4. The molecule has 0 aliphatic carbocycles. The highest BCUT2D eigenvalue weighted by molar-refractivity contribution is 5.73. The number of aromatic nitrogens is 4. The van der Waals surface area contributed by atoms with Gasteiger partial charge in [0.05, 0.1) is 11.6 Å². The number of pyridine rings is 2. The fourth-order valence-electron chi connectivity index (χ4n) is 4.18. The van der Waals surface area contributed by atoms with Gasteiger partial charge in [0, 0.05) is 50.3 Å². The summed E-state index contributed by atoms with van der Waals surface area (Å²) in [5, 5.41) is 23.3. The summed E-state index contributed by atoms with van der Waals surface area (Å²) in [6.45, 7) is 6.04. The predicted molar refractivity (Wildman–Crippen MR) is 145 cm³/mol. The van der Waals surface area contributed by atoms with Crippen LogP contribution < -0.4 is 0 Å². The van der Waals surface area contributed by atoms with Crippen LogP contribution in [-0.4, -0.2) is 90.8 Å². The number of aliphatic carboxylic acids is 2. The van der Waals surface area contributed by atoms with E-state index >= 15 is 0 Å². The number of benzene rings is 1. The van der Waals surface area contributed by atoms with Crippen LogP contribution in [0.3, 0.4) is 0 Å². The van der Waals surface area contributed by atoms with Crippen LogP contribution in [0.2, 0.25) is 0 Å². The number of carboxylic acids is 2. The predicted octanol–water partition coefficient (Wildman–Crippen LogP) is 4.86. The summed E-state index contributed by atoms with van der Waals surface area (Å²) < 4.78 is 65.4. The molecule has 1 aliphatic heterocycles. The minimum Gasteiger partial charge on any atom is -0.475 e. The van der Waals surface area contributed by atoms with Crippen molar-refractivity contribution in [2.24, 2.45) is 0 Å². The molecule has 0 saturated carbocycles. The average molecular weight is 627 g/mol. The van der Waals surface area contributed by atoms with E-state index in [1.165, 1.54) is 16.7 Å². The van der Waals surface area contributed by atoms with Crippen LogP contribution in [0.15, 0.2) is 67.1 Å². The molecule has 1 aliphatic rings. The molecule has 0 radical (unpaired) electrons. The Labute approximate surface area is 247 Å². The van der Waals surface area contributed by atoms with Crippen molar-refractivity contribution in [2.45, 2.75) is 31.9 Å². The summed E-state index contributed by atoms with van der Waals surface area (Å²) in [7, 11) is 2.18.